The summed E-state index contributed by atoms with van der Waals surface area (Å²) in [4.78, 5) is 10.6. The molecular formula is C15H21NO3. The first-order valence-electron chi connectivity index (χ1n) is 6.98. The van der Waals surface area contributed by atoms with Crippen LogP contribution in [-0.2, 0) is 6.42 Å². The van der Waals surface area contributed by atoms with Gasteiger partial charge in [0.05, 0.1) is 11.0 Å². The summed E-state index contributed by atoms with van der Waals surface area (Å²) in [5.74, 6) is 1.03. The maximum atomic E-state index is 10.9. The van der Waals surface area contributed by atoms with E-state index in [9.17, 15) is 15.2 Å². The van der Waals surface area contributed by atoms with Crippen molar-refractivity contribution in [2.45, 2.75) is 45.1 Å². The van der Waals surface area contributed by atoms with Crippen LogP contribution in [0.5, 0.6) is 0 Å². The fourth-order valence-corrected chi connectivity index (χ4v) is 2.92. The molecule has 4 heteroatoms. The number of aliphatic hydroxyl groups excluding tert-OH is 1. The smallest absolute Gasteiger partial charge is 0.272 e. The molecule has 1 aromatic carbocycles. The summed E-state index contributed by atoms with van der Waals surface area (Å²) < 4.78 is 0. The van der Waals surface area contributed by atoms with Gasteiger partial charge in [-0.3, -0.25) is 10.1 Å². The van der Waals surface area contributed by atoms with Crippen molar-refractivity contribution in [1.29, 1.82) is 0 Å². The molecule has 1 aliphatic carbocycles. The lowest BCUT2D eigenvalue weighted by Gasteiger charge is -2.29. The Bertz CT molecular complexity index is 439. The van der Waals surface area contributed by atoms with E-state index in [1.165, 1.54) is 6.07 Å². The average Bonchev–Trinajstić information content (AvgIpc) is 2.39. The highest BCUT2D eigenvalue weighted by Crippen LogP contribution is 2.32. The monoisotopic (exact) mass is 263 g/mol. The van der Waals surface area contributed by atoms with E-state index in [4.69, 9.17) is 0 Å². The lowest BCUT2D eigenvalue weighted by atomic mass is 9.79. The van der Waals surface area contributed by atoms with Crippen molar-refractivity contribution in [3.05, 3.63) is 39.9 Å². The summed E-state index contributed by atoms with van der Waals surface area (Å²) in [6, 6.07) is 6.70. The SMILES string of the molecule is CC1CCC(C(O)Cc2ccccc2[N+](=O)[O-])CC1. The fourth-order valence-electron chi connectivity index (χ4n) is 2.92. The lowest BCUT2D eigenvalue weighted by Crippen LogP contribution is -2.27. The number of rotatable bonds is 4. The fraction of sp³-hybridized carbons (Fsp3) is 0.600. The number of hydrogen-bond acceptors (Lipinski definition) is 3. The number of aliphatic hydroxyl groups is 1. The molecule has 1 unspecified atom stereocenters. The molecule has 4 nitrogen and oxygen atoms in total. The average molecular weight is 263 g/mol. The number of benzene rings is 1. The Morgan fingerprint density at radius 2 is 1.95 bits per heavy atom. The molecule has 0 heterocycles. The molecule has 1 aromatic rings. The van der Waals surface area contributed by atoms with Crippen molar-refractivity contribution >= 4 is 5.69 Å². The van der Waals surface area contributed by atoms with Gasteiger partial charge in [-0.1, -0.05) is 38.0 Å². The van der Waals surface area contributed by atoms with Crippen LogP contribution in [0.4, 0.5) is 5.69 Å². The number of para-hydroxylation sites is 1. The van der Waals surface area contributed by atoms with Gasteiger partial charge in [0, 0.05) is 18.1 Å². The summed E-state index contributed by atoms with van der Waals surface area (Å²) in [6.07, 6.45) is 4.29. The first-order chi connectivity index (χ1) is 9.08. The molecule has 0 amide bonds. The molecule has 0 aliphatic heterocycles. The topological polar surface area (TPSA) is 63.4 Å². The van der Waals surface area contributed by atoms with Crippen molar-refractivity contribution in [3.63, 3.8) is 0 Å². The van der Waals surface area contributed by atoms with Crippen molar-refractivity contribution in [2.24, 2.45) is 11.8 Å². The van der Waals surface area contributed by atoms with Crippen LogP contribution in [0.2, 0.25) is 0 Å². The minimum Gasteiger partial charge on any atom is -0.392 e. The van der Waals surface area contributed by atoms with Gasteiger partial charge in [0.1, 0.15) is 0 Å². The standard InChI is InChI=1S/C15H21NO3/c1-11-6-8-12(9-7-11)15(17)10-13-4-2-3-5-14(13)16(18)19/h2-5,11-12,15,17H,6-10H2,1H3. The summed E-state index contributed by atoms with van der Waals surface area (Å²) in [5, 5.41) is 21.2. The highest BCUT2D eigenvalue weighted by molar-refractivity contribution is 5.40. The molecule has 2 rings (SSSR count). The zero-order valence-electron chi connectivity index (χ0n) is 11.3. The van der Waals surface area contributed by atoms with Crippen LogP contribution in [0.25, 0.3) is 0 Å². The molecular weight excluding hydrogens is 242 g/mol. The minimum atomic E-state index is -0.464. The van der Waals surface area contributed by atoms with Crippen LogP contribution in [0.15, 0.2) is 24.3 Å². The van der Waals surface area contributed by atoms with Gasteiger partial charge in [-0.15, -0.1) is 0 Å². The van der Waals surface area contributed by atoms with E-state index in [0.717, 1.165) is 31.6 Å². The molecule has 0 saturated heterocycles. The number of nitro groups is 1. The van der Waals surface area contributed by atoms with E-state index in [2.05, 4.69) is 6.92 Å². The van der Waals surface area contributed by atoms with E-state index in [-0.39, 0.29) is 16.5 Å². The molecule has 19 heavy (non-hydrogen) atoms. The Hall–Kier alpha value is -1.42. The van der Waals surface area contributed by atoms with Crippen molar-refractivity contribution in [1.82, 2.24) is 0 Å². The largest absolute Gasteiger partial charge is 0.392 e. The molecule has 0 radical (unpaired) electrons. The second-order valence-corrected chi connectivity index (χ2v) is 5.68. The van der Waals surface area contributed by atoms with Crippen LogP contribution in [0.3, 0.4) is 0 Å². The lowest BCUT2D eigenvalue weighted by molar-refractivity contribution is -0.385. The Morgan fingerprint density at radius 3 is 2.58 bits per heavy atom. The molecule has 1 saturated carbocycles. The highest BCUT2D eigenvalue weighted by Gasteiger charge is 2.26. The summed E-state index contributed by atoms with van der Waals surface area (Å²) in [5.41, 5.74) is 0.754. The predicted octanol–water partition coefficient (Wildman–Crippen LogP) is 3.32. The van der Waals surface area contributed by atoms with E-state index in [0.29, 0.717) is 12.0 Å². The predicted molar refractivity (Wildman–Crippen MR) is 73.9 cm³/mol. The zero-order chi connectivity index (χ0) is 13.8. The Morgan fingerprint density at radius 1 is 1.32 bits per heavy atom. The Labute approximate surface area is 113 Å². The summed E-state index contributed by atoms with van der Waals surface area (Å²) in [7, 11) is 0. The first kappa shape index (κ1) is 14.0. The molecule has 1 atom stereocenters. The van der Waals surface area contributed by atoms with Gasteiger partial charge < -0.3 is 5.11 Å². The van der Waals surface area contributed by atoms with Gasteiger partial charge in [-0.25, -0.2) is 0 Å². The maximum absolute atomic E-state index is 10.9. The normalized spacial score (nSPS) is 24.9. The van der Waals surface area contributed by atoms with Crippen LogP contribution < -0.4 is 0 Å². The number of nitrogens with zero attached hydrogens (tertiary/aromatic N) is 1. The Kier molecular flexibility index (Phi) is 4.53. The second kappa shape index (κ2) is 6.15. The molecule has 1 N–H and O–H groups in total. The third-order valence-corrected chi connectivity index (χ3v) is 4.22. The van der Waals surface area contributed by atoms with Crippen LogP contribution >= 0.6 is 0 Å². The highest BCUT2D eigenvalue weighted by atomic mass is 16.6. The Balaban J connectivity index is 2.02. The molecule has 104 valence electrons. The molecule has 1 aliphatic rings. The molecule has 0 aromatic heterocycles. The quantitative estimate of drug-likeness (QED) is 0.669. The number of nitro benzene ring substituents is 1. The van der Waals surface area contributed by atoms with Gasteiger partial charge in [-0.2, -0.15) is 0 Å². The minimum absolute atomic E-state index is 0.116. The van der Waals surface area contributed by atoms with Crippen molar-refractivity contribution in [3.8, 4) is 0 Å². The van der Waals surface area contributed by atoms with Crippen LogP contribution in [-0.4, -0.2) is 16.1 Å². The van der Waals surface area contributed by atoms with E-state index in [1.807, 2.05) is 0 Å². The van der Waals surface area contributed by atoms with Crippen LogP contribution in [0, 0.1) is 22.0 Å². The van der Waals surface area contributed by atoms with E-state index < -0.39 is 6.10 Å². The van der Waals surface area contributed by atoms with Crippen LogP contribution in [0.1, 0.15) is 38.2 Å². The van der Waals surface area contributed by atoms with Crippen molar-refractivity contribution < 1.29 is 10.0 Å². The van der Waals surface area contributed by atoms with Gasteiger partial charge in [0.15, 0.2) is 0 Å². The zero-order valence-corrected chi connectivity index (χ0v) is 11.3. The maximum Gasteiger partial charge on any atom is 0.272 e. The van der Waals surface area contributed by atoms with Crippen molar-refractivity contribution in [2.75, 3.05) is 0 Å². The third-order valence-electron chi connectivity index (χ3n) is 4.22. The second-order valence-electron chi connectivity index (χ2n) is 5.68. The number of hydrogen-bond donors (Lipinski definition) is 1. The first-order valence-corrected chi connectivity index (χ1v) is 6.98. The van der Waals surface area contributed by atoms with Gasteiger partial charge in [0.25, 0.3) is 5.69 Å². The van der Waals surface area contributed by atoms with Gasteiger partial charge in [0.2, 0.25) is 0 Å². The summed E-state index contributed by atoms with van der Waals surface area (Å²) >= 11 is 0. The molecule has 0 bridgehead atoms. The van der Waals surface area contributed by atoms with Gasteiger partial charge >= 0.3 is 0 Å². The molecule has 1 fully saturated rings. The van der Waals surface area contributed by atoms with E-state index >= 15 is 0 Å². The molecule has 0 spiro atoms. The van der Waals surface area contributed by atoms with Gasteiger partial charge in [-0.05, 0) is 24.7 Å². The third kappa shape index (κ3) is 3.53. The van der Waals surface area contributed by atoms with E-state index in [1.54, 1.807) is 18.2 Å². The summed E-state index contributed by atoms with van der Waals surface area (Å²) in [6.45, 7) is 2.24.